The molecule has 0 unspecified atom stereocenters. The first kappa shape index (κ1) is 26.5. The minimum absolute atomic E-state index is 0.187. The zero-order valence-electron chi connectivity index (χ0n) is 21.4. The van der Waals surface area contributed by atoms with Crippen LogP contribution in [0.25, 0.3) is 32.5 Å². The summed E-state index contributed by atoms with van der Waals surface area (Å²) in [7, 11) is 0. The van der Waals surface area contributed by atoms with E-state index in [0.717, 1.165) is 16.0 Å². The second-order valence-electron chi connectivity index (χ2n) is 8.89. The largest absolute Gasteiger partial charge is 0.462 e. The molecule has 1 amide bonds. The van der Waals surface area contributed by atoms with Crippen molar-refractivity contribution < 1.29 is 18.7 Å². The number of nitrogens with one attached hydrogen (secondary N) is 1. The van der Waals surface area contributed by atoms with Crippen LogP contribution in [0.15, 0.2) is 65.0 Å². The van der Waals surface area contributed by atoms with Crippen molar-refractivity contribution in [1.82, 2.24) is 9.55 Å². The van der Waals surface area contributed by atoms with Crippen molar-refractivity contribution >= 4 is 49.8 Å². The van der Waals surface area contributed by atoms with Gasteiger partial charge in [-0.3, -0.25) is 14.2 Å². The maximum atomic E-state index is 13.5. The molecule has 198 valence electrons. The van der Waals surface area contributed by atoms with E-state index in [-0.39, 0.29) is 30.1 Å². The highest BCUT2D eigenvalue weighted by Crippen LogP contribution is 2.37. The summed E-state index contributed by atoms with van der Waals surface area (Å²) in [5, 5.41) is 5.31. The summed E-state index contributed by atoms with van der Waals surface area (Å²) in [4.78, 5) is 45.3. The highest BCUT2D eigenvalue weighted by atomic mass is 32.1. The first-order valence-electron chi connectivity index (χ1n) is 12.2. The molecule has 0 radical (unpaired) electrons. The molecule has 0 saturated carbocycles. The topological polar surface area (TPSA) is 90.3 Å². The maximum Gasteiger partial charge on any atom is 0.341 e. The first-order valence-corrected chi connectivity index (χ1v) is 13.9. The summed E-state index contributed by atoms with van der Waals surface area (Å²) < 4.78 is 20.0. The van der Waals surface area contributed by atoms with Crippen molar-refractivity contribution in [1.29, 1.82) is 0 Å². The molecule has 0 aliphatic carbocycles. The van der Waals surface area contributed by atoms with Gasteiger partial charge < -0.3 is 10.1 Å². The van der Waals surface area contributed by atoms with E-state index in [9.17, 15) is 18.8 Å². The van der Waals surface area contributed by atoms with Crippen LogP contribution in [0.4, 0.5) is 9.39 Å². The Hall–Kier alpha value is -4.15. The Morgan fingerprint density at radius 1 is 1.05 bits per heavy atom. The normalized spacial score (nSPS) is 11.1. The summed E-state index contributed by atoms with van der Waals surface area (Å²) in [6.45, 7) is 5.45. The average Bonchev–Trinajstić information content (AvgIpc) is 3.48. The van der Waals surface area contributed by atoms with Gasteiger partial charge in [-0.05, 0) is 44.0 Å². The lowest BCUT2D eigenvalue weighted by molar-refractivity contribution is -0.116. The molecule has 3 aromatic heterocycles. The van der Waals surface area contributed by atoms with Gasteiger partial charge in [-0.15, -0.1) is 22.7 Å². The Bertz CT molecular complexity index is 1750. The van der Waals surface area contributed by atoms with Crippen LogP contribution in [0, 0.1) is 19.7 Å². The Balaban J connectivity index is 1.47. The van der Waals surface area contributed by atoms with Crippen LogP contribution >= 0.6 is 22.7 Å². The number of hydrogen-bond acceptors (Lipinski definition) is 7. The standard InChI is InChI=1S/C29H24FN3O4S2/c1-4-37-29(36)24-21(18-7-5-16(2)6-8-18)14-38-27(24)32-22(34)13-33-15-31-26-25(28(33)35)23(17(3)39-26)19-9-11-20(30)12-10-19/h5-12,14-15H,4,13H2,1-3H3,(H,32,34). The highest BCUT2D eigenvalue weighted by Gasteiger charge is 2.24. The molecule has 0 saturated heterocycles. The van der Waals surface area contributed by atoms with Crippen molar-refractivity contribution in [2.24, 2.45) is 0 Å². The smallest absolute Gasteiger partial charge is 0.341 e. The van der Waals surface area contributed by atoms with Gasteiger partial charge in [-0.25, -0.2) is 14.2 Å². The van der Waals surface area contributed by atoms with Crippen LogP contribution in [0.2, 0.25) is 0 Å². The lowest BCUT2D eigenvalue weighted by Crippen LogP contribution is -2.28. The fourth-order valence-electron chi connectivity index (χ4n) is 4.34. The fraction of sp³-hybridized carbons (Fsp3) is 0.172. The van der Waals surface area contributed by atoms with E-state index < -0.39 is 11.9 Å². The molecule has 0 aliphatic rings. The fourth-order valence-corrected chi connectivity index (χ4v) is 6.31. The number of carbonyl (C=O) groups excluding carboxylic acids is 2. The molecule has 5 rings (SSSR count). The quantitative estimate of drug-likeness (QED) is 0.232. The number of aryl methyl sites for hydroxylation is 2. The first-order chi connectivity index (χ1) is 18.8. The molecule has 5 aromatic rings. The number of carbonyl (C=O) groups is 2. The van der Waals surface area contributed by atoms with Crippen LogP contribution in [-0.2, 0) is 16.1 Å². The lowest BCUT2D eigenvalue weighted by Gasteiger charge is -2.10. The van der Waals surface area contributed by atoms with Gasteiger partial charge in [0.1, 0.15) is 27.8 Å². The number of thiophene rings is 2. The SMILES string of the molecule is CCOC(=O)c1c(-c2ccc(C)cc2)csc1NC(=O)Cn1cnc2sc(C)c(-c3ccc(F)cc3)c2c1=O. The summed E-state index contributed by atoms with van der Waals surface area (Å²) in [6.07, 6.45) is 1.34. The summed E-state index contributed by atoms with van der Waals surface area (Å²) >= 11 is 2.58. The minimum Gasteiger partial charge on any atom is -0.462 e. The van der Waals surface area contributed by atoms with Crippen LogP contribution in [0.3, 0.4) is 0 Å². The van der Waals surface area contributed by atoms with E-state index >= 15 is 0 Å². The molecular weight excluding hydrogens is 537 g/mol. The van der Waals surface area contributed by atoms with Crippen LogP contribution in [0.5, 0.6) is 0 Å². The minimum atomic E-state index is -0.539. The summed E-state index contributed by atoms with van der Waals surface area (Å²) in [6, 6.07) is 13.6. The van der Waals surface area contributed by atoms with Gasteiger partial charge in [0.15, 0.2) is 0 Å². The van der Waals surface area contributed by atoms with Gasteiger partial charge in [-0.1, -0.05) is 42.0 Å². The Morgan fingerprint density at radius 3 is 2.44 bits per heavy atom. The predicted molar refractivity (Wildman–Crippen MR) is 153 cm³/mol. The lowest BCUT2D eigenvalue weighted by atomic mass is 10.0. The average molecular weight is 562 g/mol. The second-order valence-corrected chi connectivity index (χ2v) is 11.0. The van der Waals surface area contributed by atoms with Gasteiger partial charge in [-0.2, -0.15) is 0 Å². The van der Waals surface area contributed by atoms with Crippen LogP contribution in [0.1, 0.15) is 27.7 Å². The third kappa shape index (κ3) is 5.25. The number of nitrogens with zero attached hydrogens (tertiary/aromatic N) is 2. The molecule has 3 heterocycles. The van der Waals surface area contributed by atoms with Gasteiger partial charge in [0, 0.05) is 21.4 Å². The Morgan fingerprint density at radius 2 is 1.74 bits per heavy atom. The van der Waals surface area contributed by atoms with E-state index in [1.165, 1.54) is 45.7 Å². The number of amides is 1. The molecule has 0 spiro atoms. The number of rotatable bonds is 7. The van der Waals surface area contributed by atoms with Crippen molar-refractivity contribution in [3.05, 3.63) is 92.4 Å². The number of hydrogen-bond donors (Lipinski definition) is 1. The van der Waals surface area contributed by atoms with E-state index in [4.69, 9.17) is 4.74 Å². The summed E-state index contributed by atoms with van der Waals surface area (Å²) in [5.41, 5.74) is 3.83. The molecule has 0 bridgehead atoms. The number of anilines is 1. The molecular formula is C29H24FN3O4S2. The molecule has 0 aliphatic heterocycles. The molecule has 2 aromatic carbocycles. The third-order valence-corrected chi connectivity index (χ3v) is 8.10. The second kappa shape index (κ2) is 10.9. The molecule has 7 nitrogen and oxygen atoms in total. The van der Waals surface area contributed by atoms with Gasteiger partial charge in [0.2, 0.25) is 5.91 Å². The molecule has 0 fully saturated rings. The van der Waals surface area contributed by atoms with Crippen molar-refractivity contribution in [2.75, 3.05) is 11.9 Å². The number of esters is 1. The molecule has 10 heteroatoms. The number of halogens is 1. The van der Waals surface area contributed by atoms with Gasteiger partial charge >= 0.3 is 5.97 Å². The Kier molecular flexibility index (Phi) is 7.40. The zero-order valence-corrected chi connectivity index (χ0v) is 23.0. The van der Waals surface area contributed by atoms with Gasteiger partial charge in [0.25, 0.3) is 5.56 Å². The molecule has 1 N–H and O–H groups in total. The van der Waals surface area contributed by atoms with Gasteiger partial charge in [0.05, 0.1) is 18.3 Å². The van der Waals surface area contributed by atoms with Crippen LogP contribution in [-0.4, -0.2) is 28.0 Å². The highest BCUT2D eigenvalue weighted by molar-refractivity contribution is 7.19. The third-order valence-electron chi connectivity index (χ3n) is 6.19. The number of ether oxygens (including phenoxy) is 1. The van der Waals surface area contributed by atoms with E-state index in [2.05, 4.69) is 10.3 Å². The number of fused-ring (bicyclic) bond motifs is 1. The van der Waals surface area contributed by atoms with E-state index in [1.807, 2.05) is 38.1 Å². The maximum absolute atomic E-state index is 13.5. The monoisotopic (exact) mass is 561 g/mol. The van der Waals surface area contributed by atoms with Crippen molar-refractivity contribution in [3.63, 3.8) is 0 Å². The summed E-state index contributed by atoms with van der Waals surface area (Å²) in [5.74, 6) is -1.40. The van der Waals surface area contributed by atoms with Crippen molar-refractivity contribution in [2.45, 2.75) is 27.3 Å². The predicted octanol–water partition coefficient (Wildman–Crippen LogP) is 6.42. The Labute approximate surface area is 231 Å². The zero-order chi connectivity index (χ0) is 27.7. The molecule has 39 heavy (non-hydrogen) atoms. The molecule has 0 atom stereocenters. The number of aromatic nitrogens is 2. The van der Waals surface area contributed by atoms with E-state index in [1.54, 1.807) is 24.4 Å². The van der Waals surface area contributed by atoms with E-state index in [0.29, 0.717) is 31.9 Å². The van der Waals surface area contributed by atoms with Crippen molar-refractivity contribution in [3.8, 4) is 22.3 Å². The number of benzene rings is 2. The van der Waals surface area contributed by atoms with Crippen LogP contribution < -0.4 is 10.9 Å².